The molecule has 54 valence electrons. The van der Waals surface area contributed by atoms with Gasteiger partial charge in [0.25, 0.3) is 0 Å². The van der Waals surface area contributed by atoms with Gasteiger partial charge in [0.05, 0.1) is 11.6 Å². The Balaban J connectivity index is 3.30. The maximum Gasteiger partial charge on any atom is 0.116 e. The molecular weight excluding hydrogens is 138 g/mol. The summed E-state index contributed by atoms with van der Waals surface area (Å²) in [6.45, 7) is 3.52. The summed E-state index contributed by atoms with van der Waals surface area (Å²) in [5, 5.41) is 17.6. The molecule has 0 aromatic heterocycles. The zero-order valence-corrected chi connectivity index (χ0v) is 5.91. The van der Waals surface area contributed by atoms with Crippen LogP contribution in [0, 0.1) is 11.3 Å². The number of hydrogen-bond donors (Lipinski definition) is 1. The first-order chi connectivity index (χ1) is 5.27. The van der Waals surface area contributed by atoms with Gasteiger partial charge in [0.15, 0.2) is 0 Å². The first-order valence-corrected chi connectivity index (χ1v) is 3.13. The van der Waals surface area contributed by atoms with Crippen LogP contribution in [0.3, 0.4) is 0 Å². The lowest BCUT2D eigenvalue weighted by molar-refractivity contribution is 0.475. The van der Waals surface area contributed by atoms with E-state index in [4.69, 9.17) is 10.4 Å². The van der Waals surface area contributed by atoms with Crippen LogP contribution in [0.15, 0.2) is 24.8 Å². The molecular formula is C9H7NO. The summed E-state index contributed by atoms with van der Waals surface area (Å²) in [4.78, 5) is 0. The topological polar surface area (TPSA) is 44.0 Å². The molecule has 0 saturated carbocycles. The number of nitriles is 1. The lowest BCUT2D eigenvalue weighted by Gasteiger charge is -1.96. The van der Waals surface area contributed by atoms with Gasteiger partial charge in [-0.1, -0.05) is 12.7 Å². The highest BCUT2D eigenvalue weighted by atomic mass is 16.3. The van der Waals surface area contributed by atoms with E-state index < -0.39 is 0 Å². The van der Waals surface area contributed by atoms with E-state index in [0.29, 0.717) is 11.1 Å². The molecule has 0 aliphatic carbocycles. The Bertz CT molecular complexity index is 323. The summed E-state index contributed by atoms with van der Waals surface area (Å²) in [7, 11) is 0. The van der Waals surface area contributed by atoms with Gasteiger partial charge in [0.1, 0.15) is 5.75 Å². The van der Waals surface area contributed by atoms with E-state index in [2.05, 4.69) is 6.58 Å². The van der Waals surface area contributed by atoms with Gasteiger partial charge in [-0.2, -0.15) is 5.26 Å². The predicted molar refractivity (Wildman–Crippen MR) is 42.9 cm³/mol. The molecule has 0 saturated heterocycles. The Morgan fingerprint density at radius 3 is 2.82 bits per heavy atom. The van der Waals surface area contributed by atoms with Crippen molar-refractivity contribution in [2.24, 2.45) is 0 Å². The molecule has 1 N–H and O–H groups in total. The van der Waals surface area contributed by atoms with Crippen LogP contribution in [0.1, 0.15) is 11.1 Å². The van der Waals surface area contributed by atoms with E-state index in [1.807, 2.05) is 6.07 Å². The number of phenolic OH excluding ortho intramolecular Hbond substituents is 1. The predicted octanol–water partition coefficient (Wildman–Crippen LogP) is 1.91. The first-order valence-electron chi connectivity index (χ1n) is 3.13. The SMILES string of the molecule is C=Cc1cc(O)ccc1C#N. The monoisotopic (exact) mass is 145 g/mol. The second-order valence-corrected chi connectivity index (χ2v) is 2.09. The van der Waals surface area contributed by atoms with Crippen LogP contribution in [-0.2, 0) is 0 Å². The van der Waals surface area contributed by atoms with Gasteiger partial charge in [-0.25, -0.2) is 0 Å². The summed E-state index contributed by atoms with van der Waals surface area (Å²) in [5.41, 5.74) is 1.19. The van der Waals surface area contributed by atoms with E-state index in [9.17, 15) is 0 Å². The minimum Gasteiger partial charge on any atom is -0.508 e. The molecule has 2 heteroatoms. The maximum absolute atomic E-state index is 9.01. The average Bonchev–Trinajstić information content (AvgIpc) is 2.04. The van der Waals surface area contributed by atoms with Gasteiger partial charge in [0.2, 0.25) is 0 Å². The summed E-state index contributed by atoms with van der Waals surface area (Å²) >= 11 is 0. The Morgan fingerprint density at radius 1 is 1.55 bits per heavy atom. The number of hydrogen-bond acceptors (Lipinski definition) is 2. The smallest absolute Gasteiger partial charge is 0.116 e. The first kappa shape index (κ1) is 7.36. The molecule has 0 radical (unpaired) electrons. The van der Waals surface area contributed by atoms with E-state index in [-0.39, 0.29) is 5.75 Å². The minimum atomic E-state index is 0.152. The van der Waals surface area contributed by atoms with E-state index in [0.717, 1.165) is 0 Å². The van der Waals surface area contributed by atoms with Crippen molar-refractivity contribution in [2.75, 3.05) is 0 Å². The number of rotatable bonds is 1. The van der Waals surface area contributed by atoms with Crippen LogP contribution >= 0.6 is 0 Å². The van der Waals surface area contributed by atoms with E-state index in [1.165, 1.54) is 18.2 Å². The van der Waals surface area contributed by atoms with Gasteiger partial charge in [0, 0.05) is 0 Å². The molecule has 0 spiro atoms. The van der Waals surface area contributed by atoms with Gasteiger partial charge in [-0.05, 0) is 23.8 Å². The van der Waals surface area contributed by atoms with Gasteiger partial charge >= 0.3 is 0 Å². The van der Waals surface area contributed by atoms with Crippen LogP contribution < -0.4 is 0 Å². The zero-order valence-electron chi connectivity index (χ0n) is 5.91. The summed E-state index contributed by atoms with van der Waals surface area (Å²) in [6.07, 6.45) is 1.54. The van der Waals surface area contributed by atoms with Gasteiger partial charge < -0.3 is 5.11 Å². The third-order valence-electron chi connectivity index (χ3n) is 1.38. The van der Waals surface area contributed by atoms with Crippen molar-refractivity contribution < 1.29 is 5.11 Å². The molecule has 0 heterocycles. The second-order valence-electron chi connectivity index (χ2n) is 2.09. The van der Waals surface area contributed by atoms with E-state index in [1.54, 1.807) is 6.07 Å². The molecule has 0 unspecified atom stereocenters. The van der Waals surface area contributed by atoms with Crippen molar-refractivity contribution in [1.82, 2.24) is 0 Å². The van der Waals surface area contributed by atoms with Crippen molar-refractivity contribution in [3.63, 3.8) is 0 Å². The Kier molecular flexibility index (Phi) is 1.93. The molecule has 0 atom stereocenters. The Hall–Kier alpha value is -1.75. The summed E-state index contributed by atoms with van der Waals surface area (Å²) in [6, 6.07) is 6.54. The van der Waals surface area contributed by atoms with Crippen LogP contribution in [0.25, 0.3) is 6.08 Å². The minimum absolute atomic E-state index is 0.152. The molecule has 2 nitrogen and oxygen atoms in total. The summed E-state index contributed by atoms with van der Waals surface area (Å²) < 4.78 is 0. The average molecular weight is 145 g/mol. The molecule has 1 aromatic carbocycles. The quantitative estimate of drug-likeness (QED) is 0.655. The molecule has 1 aromatic rings. The molecule has 0 fully saturated rings. The normalized spacial score (nSPS) is 8.64. The van der Waals surface area contributed by atoms with Crippen molar-refractivity contribution in [2.45, 2.75) is 0 Å². The number of benzene rings is 1. The molecule has 0 bridgehead atoms. The van der Waals surface area contributed by atoms with Gasteiger partial charge in [-0.3, -0.25) is 0 Å². The van der Waals surface area contributed by atoms with Crippen LogP contribution in [0.4, 0.5) is 0 Å². The van der Waals surface area contributed by atoms with Crippen LogP contribution in [-0.4, -0.2) is 5.11 Å². The molecule has 0 aliphatic heterocycles. The lowest BCUT2D eigenvalue weighted by atomic mass is 10.1. The fourth-order valence-electron chi connectivity index (χ4n) is 0.821. The van der Waals surface area contributed by atoms with Crippen molar-refractivity contribution in [3.05, 3.63) is 35.9 Å². The number of aromatic hydroxyl groups is 1. The van der Waals surface area contributed by atoms with Crippen molar-refractivity contribution in [1.29, 1.82) is 5.26 Å². The largest absolute Gasteiger partial charge is 0.508 e. The zero-order chi connectivity index (χ0) is 8.27. The lowest BCUT2D eigenvalue weighted by Crippen LogP contribution is -1.79. The third-order valence-corrected chi connectivity index (χ3v) is 1.38. The maximum atomic E-state index is 9.01. The number of phenols is 1. The molecule has 11 heavy (non-hydrogen) atoms. The third kappa shape index (κ3) is 1.39. The fraction of sp³-hybridized carbons (Fsp3) is 0. The van der Waals surface area contributed by atoms with Crippen molar-refractivity contribution in [3.8, 4) is 11.8 Å². The highest BCUT2D eigenvalue weighted by molar-refractivity contribution is 5.58. The number of nitrogens with zero attached hydrogens (tertiary/aromatic N) is 1. The summed E-state index contributed by atoms with van der Waals surface area (Å²) in [5.74, 6) is 0.152. The highest BCUT2D eigenvalue weighted by Crippen LogP contribution is 2.16. The molecule has 0 amide bonds. The highest BCUT2D eigenvalue weighted by Gasteiger charge is 1.97. The molecule has 1 rings (SSSR count). The van der Waals surface area contributed by atoms with Gasteiger partial charge in [-0.15, -0.1) is 0 Å². The van der Waals surface area contributed by atoms with Crippen LogP contribution in [0.2, 0.25) is 0 Å². The second kappa shape index (κ2) is 2.89. The Labute approximate surface area is 65.0 Å². The standard InChI is InChI=1S/C9H7NO/c1-2-7-5-9(11)4-3-8(7)6-10/h2-5,11H,1H2. The van der Waals surface area contributed by atoms with Crippen LogP contribution in [0.5, 0.6) is 5.75 Å². The fourth-order valence-corrected chi connectivity index (χ4v) is 0.821. The Morgan fingerprint density at radius 2 is 2.27 bits per heavy atom. The molecule has 0 aliphatic rings. The van der Waals surface area contributed by atoms with E-state index >= 15 is 0 Å². The van der Waals surface area contributed by atoms with Crippen molar-refractivity contribution >= 4 is 6.08 Å².